The average molecular weight is 259 g/mol. The summed E-state index contributed by atoms with van der Waals surface area (Å²) in [4.78, 5) is 4.33. The molecular weight excluding hydrogens is 238 g/mol. The van der Waals surface area contributed by atoms with Crippen molar-refractivity contribution >= 4 is 0 Å². The van der Waals surface area contributed by atoms with E-state index in [4.69, 9.17) is 4.42 Å². The van der Waals surface area contributed by atoms with Crippen LogP contribution in [0, 0.1) is 6.92 Å². The predicted molar refractivity (Wildman–Crippen MR) is 74.1 cm³/mol. The van der Waals surface area contributed by atoms with Crippen LogP contribution in [-0.4, -0.2) is 16.1 Å². The van der Waals surface area contributed by atoms with Crippen LogP contribution >= 0.6 is 0 Å². The zero-order valence-corrected chi connectivity index (χ0v) is 11.6. The minimum atomic E-state index is 0.190. The van der Waals surface area contributed by atoms with Crippen molar-refractivity contribution < 1.29 is 4.42 Å². The summed E-state index contributed by atoms with van der Waals surface area (Å²) in [6, 6.07) is 4.68. The lowest BCUT2D eigenvalue weighted by Gasteiger charge is -2.26. The number of rotatable bonds is 3. The molecule has 1 N–H and O–H groups in total. The minimum Gasteiger partial charge on any atom is -0.464 e. The summed E-state index contributed by atoms with van der Waals surface area (Å²) in [7, 11) is 0. The third-order valence-electron chi connectivity index (χ3n) is 3.95. The van der Waals surface area contributed by atoms with Crippen molar-refractivity contribution in [3.8, 4) is 0 Å². The van der Waals surface area contributed by atoms with E-state index in [0.29, 0.717) is 6.04 Å². The van der Waals surface area contributed by atoms with Crippen molar-refractivity contribution in [1.82, 2.24) is 14.9 Å². The van der Waals surface area contributed by atoms with Gasteiger partial charge in [-0.25, -0.2) is 4.98 Å². The molecule has 0 amide bonds. The number of nitrogens with one attached hydrogen (secondary N) is 1. The maximum atomic E-state index is 5.74. The minimum absolute atomic E-state index is 0.190. The molecule has 1 aliphatic rings. The van der Waals surface area contributed by atoms with Crippen molar-refractivity contribution in [3.63, 3.8) is 0 Å². The lowest BCUT2D eigenvalue weighted by atomic mass is 10.0. The Morgan fingerprint density at radius 3 is 3.00 bits per heavy atom. The van der Waals surface area contributed by atoms with E-state index >= 15 is 0 Å². The number of piperidine rings is 1. The molecule has 102 valence electrons. The number of aryl methyl sites for hydroxylation is 1. The van der Waals surface area contributed by atoms with Gasteiger partial charge in [0, 0.05) is 12.2 Å². The Balaban J connectivity index is 1.86. The molecule has 0 saturated carbocycles. The van der Waals surface area contributed by atoms with Crippen molar-refractivity contribution in [2.24, 2.45) is 0 Å². The number of imidazole rings is 1. The quantitative estimate of drug-likeness (QED) is 0.920. The normalized spacial score (nSPS) is 21.5. The predicted octanol–water partition coefficient (Wildman–Crippen LogP) is 3.21. The van der Waals surface area contributed by atoms with Gasteiger partial charge in [0.15, 0.2) is 0 Å². The molecule has 0 radical (unpaired) electrons. The Morgan fingerprint density at radius 2 is 2.32 bits per heavy atom. The van der Waals surface area contributed by atoms with Crippen LogP contribution in [0.5, 0.6) is 0 Å². The van der Waals surface area contributed by atoms with Crippen molar-refractivity contribution in [2.75, 3.05) is 6.54 Å². The molecule has 2 unspecified atom stereocenters. The van der Waals surface area contributed by atoms with Crippen molar-refractivity contribution in [1.29, 1.82) is 0 Å². The summed E-state index contributed by atoms with van der Waals surface area (Å²) in [6.07, 6.45) is 7.65. The third kappa shape index (κ3) is 2.45. The molecule has 0 aromatic carbocycles. The fourth-order valence-corrected chi connectivity index (χ4v) is 2.83. The molecule has 3 rings (SSSR count). The summed E-state index contributed by atoms with van der Waals surface area (Å²) < 4.78 is 7.97. The van der Waals surface area contributed by atoms with Gasteiger partial charge in [0.1, 0.15) is 11.5 Å². The van der Waals surface area contributed by atoms with Crippen LogP contribution < -0.4 is 5.32 Å². The first-order valence-corrected chi connectivity index (χ1v) is 7.07. The number of nitrogens with zero attached hydrogens (tertiary/aromatic N) is 2. The number of hydrogen-bond acceptors (Lipinski definition) is 3. The first-order chi connectivity index (χ1) is 9.25. The molecule has 0 aliphatic carbocycles. The molecule has 19 heavy (non-hydrogen) atoms. The van der Waals surface area contributed by atoms with E-state index in [0.717, 1.165) is 18.1 Å². The van der Waals surface area contributed by atoms with E-state index in [2.05, 4.69) is 27.9 Å². The molecule has 4 nitrogen and oxygen atoms in total. The van der Waals surface area contributed by atoms with Crippen LogP contribution in [0.1, 0.15) is 55.5 Å². The molecule has 1 fully saturated rings. The van der Waals surface area contributed by atoms with Crippen LogP contribution in [-0.2, 0) is 0 Å². The van der Waals surface area contributed by atoms with E-state index in [-0.39, 0.29) is 6.04 Å². The Labute approximate surface area is 113 Å². The molecule has 3 heterocycles. The number of aromatic nitrogens is 2. The van der Waals surface area contributed by atoms with Gasteiger partial charge in [-0.2, -0.15) is 0 Å². The Bertz CT molecular complexity index is 537. The summed E-state index contributed by atoms with van der Waals surface area (Å²) in [5, 5.41) is 3.58. The van der Waals surface area contributed by atoms with E-state index in [9.17, 15) is 0 Å². The van der Waals surface area contributed by atoms with Crippen LogP contribution in [0.2, 0.25) is 0 Å². The van der Waals surface area contributed by atoms with Gasteiger partial charge in [-0.05, 0) is 45.4 Å². The molecule has 2 atom stereocenters. The SMILES string of the molecule is Cc1ccc(C(C)n2cncc2C2CCCCN2)o1. The van der Waals surface area contributed by atoms with Gasteiger partial charge in [0.05, 0.1) is 18.1 Å². The standard InChI is InChI=1S/C15H21N3O/c1-11-6-7-15(19-11)12(2)18-10-16-9-14(18)13-5-3-4-8-17-13/h6-7,9-10,12-13,17H,3-5,8H2,1-2H3. The molecule has 0 bridgehead atoms. The Morgan fingerprint density at radius 1 is 1.42 bits per heavy atom. The van der Waals surface area contributed by atoms with Gasteiger partial charge in [0.25, 0.3) is 0 Å². The highest BCUT2D eigenvalue weighted by Crippen LogP contribution is 2.28. The second kappa shape index (κ2) is 5.21. The first kappa shape index (κ1) is 12.5. The van der Waals surface area contributed by atoms with Crippen molar-refractivity contribution in [3.05, 3.63) is 41.9 Å². The average Bonchev–Trinajstić information content (AvgIpc) is 3.07. The maximum Gasteiger partial charge on any atom is 0.126 e. The van der Waals surface area contributed by atoms with Crippen LogP contribution in [0.15, 0.2) is 29.1 Å². The van der Waals surface area contributed by atoms with Crippen LogP contribution in [0.4, 0.5) is 0 Å². The lowest BCUT2D eigenvalue weighted by molar-refractivity contribution is 0.374. The monoisotopic (exact) mass is 259 g/mol. The fourth-order valence-electron chi connectivity index (χ4n) is 2.83. The second-order valence-corrected chi connectivity index (χ2v) is 5.35. The smallest absolute Gasteiger partial charge is 0.126 e. The Hall–Kier alpha value is -1.55. The van der Waals surface area contributed by atoms with E-state index < -0.39 is 0 Å². The summed E-state index contributed by atoms with van der Waals surface area (Å²) >= 11 is 0. The fraction of sp³-hybridized carbons (Fsp3) is 0.533. The van der Waals surface area contributed by atoms with Gasteiger partial charge in [-0.1, -0.05) is 6.42 Å². The van der Waals surface area contributed by atoms with E-state index in [1.54, 1.807) is 0 Å². The van der Waals surface area contributed by atoms with Gasteiger partial charge in [-0.15, -0.1) is 0 Å². The summed E-state index contributed by atoms with van der Waals surface area (Å²) in [5.74, 6) is 1.95. The highest BCUT2D eigenvalue weighted by molar-refractivity contribution is 5.15. The molecule has 4 heteroatoms. The molecular formula is C15H21N3O. The van der Waals surface area contributed by atoms with Crippen molar-refractivity contribution in [2.45, 2.75) is 45.2 Å². The largest absolute Gasteiger partial charge is 0.464 e. The first-order valence-electron chi connectivity index (χ1n) is 7.07. The Kier molecular flexibility index (Phi) is 3.42. The van der Waals surface area contributed by atoms with E-state index in [1.807, 2.05) is 25.5 Å². The molecule has 2 aromatic rings. The number of hydrogen-bond donors (Lipinski definition) is 1. The van der Waals surface area contributed by atoms with Gasteiger partial charge >= 0.3 is 0 Å². The summed E-state index contributed by atoms with van der Waals surface area (Å²) in [6.45, 7) is 5.24. The third-order valence-corrected chi connectivity index (χ3v) is 3.95. The van der Waals surface area contributed by atoms with Gasteiger partial charge in [0.2, 0.25) is 0 Å². The van der Waals surface area contributed by atoms with Crippen LogP contribution in [0.3, 0.4) is 0 Å². The highest BCUT2D eigenvalue weighted by atomic mass is 16.3. The van der Waals surface area contributed by atoms with Crippen LogP contribution in [0.25, 0.3) is 0 Å². The summed E-state index contributed by atoms with van der Waals surface area (Å²) in [5.41, 5.74) is 1.27. The lowest BCUT2D eigenvalue weighted by Crippen LogP contribution is -2.29. The van der Waals surface area contributed by atoms with E-state index in [1.165, 1.54) is 25.0 Å². The molecule has 1 aliphatic heterocycles. The second-order valence-electron chi connectivity index (χ2n) is 5.35. The molecule has 0 spiro atoms. The van der Waals surface area contributed by atoms with Gasteiger partial charge in [-0.3, -0.25) is 0 Å². The maximum absolute atomic E-state index is 5.74. The molecule has 2 aromatic heterocycles. The number of furan rings is 1. The van der Waals surface area contributed by atoms with Gasteiger partial charge < -0.3 is 14.3 Å². The highest BCUT2D eigenvalue weighted by Gasteiger charge is 2.22. The zero-order valence-electron chi connectivity index (χ0n) is 11.6. The molecule has 1 saturated heterocycles. The topological polar surface area (TPSA) is 43.0 Å². The zero-order chi connectivity index (χ0) is 13.2.